The van der Waals surface area contributed by atoms with Crippen LogP contribution in [0.15, 0.2) is 91.0 Å². The van der Waals surface area contributed by atoms with E-state index in [1.807, 2.05) is 31.2 Å². The lowest BCUT2D eigenvalue weighted by atomic mass is 10.2. The molecule has 0 saturated heterocycles. The molecule has 0 amide bonds. The molecule has 0 bridgehead atoms. The van der Waals surface area contributed by atoms with E-state index >= 15 is 0 Å². The fourth-order valence-corrected chi connectivity index (χ4v) is 2.69. The largest absolute Gasteiger partial charge is 0.399 e. The molecule has 0 fully saturated rings. The summed E-state index contributed by atoms with van der Waals surface area (Å²) in [6, 6.07) is 26.2. The molecule has 33 heavy (non-hydrogen) atoms. The maximum atomic E-state index is 5.70. The second kappa shape index (κ2) is 10.1. The van der Waals surface area contributed by atoms with Crippen LogP contribution in [0.25, 0.3) is 0 Å². The van der Waals surface area contributed by atoms with Gasteiger partial charge in [0.05, 0.1) is 5.69 Å². The summed E-state index contributed by atoms with van der Waals surface area (Å²) in [4.78, 5) is 27.3. The maximum absolute atomic E-state index is 5.70. The number of nitrogen functional groups attached to an aromatic ring is 2. The summed E-state index contributed by atoms with van der Waals surface area (Å²) in [5, 5.41) is 0. The van der Waals surface area contributed by atoms with Crippen molar-refractivity contribution in [2.75, 3.05) is 16.9 Å². The number of hydrogen-bond donors (Lipinski definition) is 3. The minimum atomic E-state index is 0.347. The zero-order chi connectivity index (χ0) is 23.0. The van der Waals surface area contributed by atoms with Crippen molar-refractivity contribution < 1.29 is 24.4 Å². The van der Waals surface area contributed by atoms with E-state index in [0.29, 0.717) is 45.8 Å². The molecule has 0 aliphatic carbocycles. The third-order valence-corrected chi connectivity index (χ3v) is 4.42. The van der Waals surface area contributed by atoms with E-state index in [-0.39, 0.29) is 0 Å². The van der Waals surface area contributed by atoms with Gasteiger partial charge in [0.1, 0.15) is 0 Å². The van der Waals surface area contributed by atoms with Crippen LogP contribution in [0.1, 0.15) is 5.56 Å². The lowest BCUT2D eigenvalue weighted by molar-refractivity contribution is -0.107. The van der Waals surface area contributed by atoms with Gasteiger partial charge >= 0.3 is 0 Å². The number of anilines is 3. The van der Waals surface area contributed by atoms with Gasteiger partial charge in [0, 0.05) is 29.6 Å². The van der Waals surface area contributed by atoms with E-state index in [0.717, 1.165) is 5.56 Å². The Balaban J connectivity index is 1.48. The van der Waals surface area contributed by atoms with Gasteiger partial charge < -0.3 is 16.3 Å². The van der Waals surface area contributed by atoms with Crippen molar-refractivity contribution >= 4 is 17.1 Å². The summed E-state index contributed by atoms with van der Waals surface area (Å²) in [5.41, 5.74) is 17.2. The maximum Gasteiger partial charge on any atom is 0.184 e. The van der Waals surface area contributed by atoms with Gasteiger partial charge in [0.15, 0.2) is 28.7 Å². The highest BCUT2D eigenvalue weighted by Crippen LogP contribution is 2.28. The summed E-state index contributed by atoms with van der Waals surface area (Å²) < 4.78 is 0. The first-order valence-electron chi connectivity index (χ1n) is 10.1. The van der Waals surface area contributed by atoms with Crippen LogP contribution >= 0.6 is 0 Å². The SMILES string of the molecule is Cc1ccc(ONc2cc(OOc3ccc(N)cc3)cc(OOc3ccc(N)cc3)c2)cc1. The van der Waals surface area contributed by atoms with Crippen LogP contribution in [0.5, 0.6) is 28.7 Å². The predicted molar refractivity (Wildman–Crippen MR) is 126 cm³/mol. The average molecular weight is 445 g/mol. The van der Waals surface area contributed by atoms with E-state index in [2.05, 4.69) is 5.48 Å². The molecular formula is C25H23N3O5. The van der Waals surface area contributed by atoms with Crippen molar-refractivity contribution in [1.29, 1.82) is 0 Å². The molecule has 0 unspecified atom stereocenters. The van der Waals surface area contributed by atoms with Crippen molar-refractivity contribution in [3.63, 3.8) is 0 Å². The second-order valence-electron chi connectivity index (χ2n) is 7.18. The van der Waals surface area contributed by atoms with Gasteiger partial charge in [-0.15, -0.1) is 0 Å². The first-order valence-corrected chi connectivity index (χ1v) is 10.1. The van der Waals surface area contributed by atoms with Gasteiger partial charge in [-0.1, -0.05) is 17.7 Å². The Labute approximate surface area is 191 Å². The van der Waals surface area contributed by atoms with Crippen molar-refractivity contribution in [3.8, 4) is 28.7 Å². The third kappa shape index (κ3) is 6.38. The summed E-state index contributed by atoms with van der Waals surface area (Å²) in [6.07, 6.45) is 0. The van der Waals surface area contributed by atoms with E-state index in [9.17, 15) is 0 Å². The highest BCUT2D eigenvalue weighted by Gasteiger charge is 2.08. The van der Waals surface area contributed by atoms with Gasteiger partial charge in [-0.05, 0) is 67.6 Å². The van der Waals surface area contributed by atoms with Crippen molar-refractivity contribution in [1.82, 2.24) is 0 Å². The summed E-state index contributed by atoms with van der Waals surface area (Å²) in [5.74, 6) is 2.31. The topological polar surface area (TPSA) is 110 Å². The van der Waals surface area contributed by atoms with Crippen LogP contribution in [0, 0.1) is 6.92 Å². The number of benzene rings is 4. The Kier molecular flexibility index (Phi) is 6.56. The lowest BCUT2D eigenvalue weighted by Gasteiger charge is -2.13. The normalized spacial score (nSPS) is 10.2. The van der Waals surface area contributed by atoms with E-state index in [4.69, 9.17) is 35.9 Å². The Hall–Kier alpha value is -4.72. The molecule has 0 atom stereocenters. The molecule has 0 saturated carbocycles. The lowest BCUT2D eigenvalue weighted by Crippen LogP contribution is -2.07. The smallest absolute Gasteiger partial charge is 0.184 e. The predicted octanol–water partition coefficient (Wildman–Crippen LogP) is 5.31. The van der Waals surface area contributed by atoms with Crippen LogP contribution in [0.3, 0.4) is 0 Å². The molecule has 0 aliphatic heterocycles. The zero-order valence-electron chi connectivity index (χ0n) is 17.9. The minimum Gasteiger partial charge on any atom is -0.399 e. The van der Waals surface area contributed by atoms with Crippen LogP contribution in [0.2, 0.25) is 0 Å². The van der Waals surface area contributed by atoms with Crippen molar-refractivity contribution in [2.24, 2.45) is 0 Å². The van der Waals surface area contributed by atoms with E-state index in [1.54, 1.807) is 66.7 Å². The Bertz CT molecular complexity index is 1020. The first-order chi connectivity index (χ1) is 16.0. The van der Waals surface area contributed by atoms with E-state index < -0.39 is 0 Å². The molecular weight excluding hydrogens is 422 g/mol. The molecule has 4 aromatic carbocycles. The number of aryl methyl sites for hydroxylation is 1. The Morgan fingerprint density at radius 3 is 1.42 bits per heavy atom. The van der Waals surface area contributed by atoms with E-state index in [1.165, 1.54) is 0 Å². The fourth-order valence-electron chi connectivity index (χ4n) is 2.69. The van der Waals surface area contributed by atoms with Gasteiger partial charge in [-0.25, -0.2) is 5.48 Å². The second-order valence-corrected chi connectivity index (χ2v) is 7.18. The summed E-state index contributed by atoms with van der Waals surface area (Å²) in [7, 11) is 0. The molecule has 0 heterocycles. The number of hydrogen-bond acceptors (Lipinski definition) is 8. The minimum absolute atomic E-state index is 0.347. The van der Waals surface area contributed by atoms with Gasteiger partial charge in [0.2, 0.25) is 0 Å². The quantitative estimate of drug-likeness (QED) is 0.181. The molecule has 5 N–H and O–H groups in total. The Morgan fingerprint density at radius 1 is 0.515 bits per heavy atom. The standard InChI is InChI=1S/C25H23N3O5/c1-17-2-8-21(9-3-17)29-28-20-14-24(32-30-22-10-4-18(26)5-11-22)16-25(15-20)33-31-23-12-6-19(27)7-13-23/h2-16,28H,26-27H2,1H3. The highest BCUT2D eigenvalue weighted by molar-refractivity contribution is 5.53. The van der Waals surface area contributed by atoms with Gasteiger partial charge in [0.25, 0.3) is 0 Å². The number of nitrogens with one attached hydrogen (secondary N) is 1. The molecule has 0 spiro atoms. The van der Waals surface area contributed by atoms with Crippen LogP contribution in [-0.2, 0) is 0 Å². The number of nitrogens with two attached hydrogens (primary N) is 2. The molecule has 0 aliphatic rings. The van der Waals surface area contributed by atoms with Gasteiger partial charge in [-0.3, -0.25) is 19.6 Å². The summed E-state index contributed by atoms with van der Waals surface area (Å²) in [6.45, 7) is 2.00. The first kappa shape index (κ1) is 21.5. The molecule has 0 aromatic heterocycles. The monoisotopic (exact) mass is 445 g/mol. The van der Waals surface area contributed by atoms with Crippen LogP contribution in [-0.4, -0.2) is 0 Å². The van der Waals surface area contributed by atoms with Gasteiger partial charge in [-0.2, -0.15) is 0 Å². The molecule has 168 valence electrons. The molecule has 8 nitrogen and oxygen atoms in total. The highest BCUT2D eigenvalue weighted by atomic mass is 17.2. The molecule has 4 aromatic rings. The van der Waals surface area contributed by atoms with Crippen LogP contribution < -0.4 is 41.3 Å². The fraction of sp³-hybridized carbons (Fsp3) is 0.0400. The van der Waals surface area contributed by atoms with Crippen molar-refractivity contribution in [3.05, 3.63) is 96.6 Å². The molecule has 8 heteroatoms. The van der Waals surface area contributed by atoms with Crippen LogP contribution in [0.4, 0.5) is 17.1 Å². The molecule has 4 rings (SSSR count). The zero-order valence-corrected chi connectivity index (χ0v) is 17.9. The molecule has 0 radical (unpaired) electrons. The average Bonchev–Trinajstić information content (AvgIpc) is 2.83. The third-order valence-electron chi connectivity index (χ3n) is 4.42. The number of rotatable bonds is 9. The Morgan fingerprint density at radius 2 is 0.939 bits per heavy atom. The summed E-state index contributed by atoms with van der Waals surface area (Å²) >= 11 is 0. The van der Waals surface area contributed by atoms with Crippen molar-refractivity contribution in [2.45, 2.75) is 6.92 Å².